The topological polar surface area (TPSA) is 30.5 Å². The molecule has 3 heteroatoms. The van der Waals surface area contributed by atoms with Gasteiger partial charge in [-0.2, -0.15) is 0 Å². The maximum Gasteiger partial charge on any atom is 0.162 e. The third-order valence-corrected chi connectivity index (χ3v) is 6.24. The summed E-state index contributed by atoms with van der Waals surface area (Å²) in [5, 5.41) is 3.73. The van der Waals surface area contributed by atoms with Crippen LogP contribution in [-0.4, -0.2) is 6.04 Å². The third-order valence-electron chi connectivity index (χ3n) is 6.24. The minimum Gasteiger partial charge on any atom is -0.485 e. The van der Waals surface area contributed by atoms with Crippen molar-refractivity contribution in [2.75, 3.05) is 0 Å². The molecule has 168 valence electrons. The molecule has 1 aliphatic rings. The van der Waals surface area contributed by atoms with E-state index in [-0.39, 0.29) is 0 Å². The van der Waals surface area contributed by atoms with Gasteiger partial charge in [0.25, 0.3) is 0 Å². The summed E-state index contributed by atoms with van der Waals surface area (Å²) in [7, 11) is 0. The minimum atomic E-state index is 0.528. The Kier molecular flexibility index (Phi) is 7.84. The number of hydrogen-bond acceptors (Lipinski definition) is 3. The number of ether oxygens (including phenoxy) is 2. The molecule has 3 nitrogen and oxygen atoms in total. The maximum atomic E-state index is 6.25. The fourth-order valence-corrected chi connectivity index (χ4v) is 4.15. The van der Waals surface area contributed by atoms with Gasteiger partial charge in [-0.05, 0) is 55.5 Å². The van der Waals surface area contributed by atoms with Crippen molar-refractivity contribution in [2.24, 2.45) is 0 Å². The predicted molar refractivity (Wildman–Crippen MR) is 131 cm³/mol. The van der Waals surface area contributed by atoms with E-state index in [1.807, 2.05) is 0 Å². The lowest BCUT2D eigenvalue weighted by Gasteiger charge is -2.23. The molecule has 0 aromatic heterocycles. The number of aryl methyl sites for hydroxylation is 2. The monoisotopic (exact) mass is 429 g/mol. The fraction of sp³-hybridized carbons (Fsp3) is 0.379. The summed E-state index contributed by atoms with van der Waals surface area (Å²) in [6.45, 7) is 6.12. The summed E-state index contributed by atoms with van der Waals surface area (Å²) in [4.78, 5) is 0. The van der Waals surface area contributed by atoms with Crippen molar-refractivity contribution in [1.29, 1.82) is 0 Å². The van der Waals surface area contributed by atoms with Crippen molar-refractivity contribution in [1.82, 2.24) is 5.32 Å². The van der Waals surface area contributed by atoms with Crippen molar-refractivity contribution in [3.8, 4) is 11.5 Å². The first-order valence-corrected chi connectivity index (χ1v) is 11.9. The number of benzene rings is 3. The van der Waals surface area contributed by atoms with Crippen LogP contribution in [0.5, 0.6) is 11.5 Å². The molecule has 1 fully saturated rings. The van der Waals surface area contributed by atoms with E-state index >= 15 is 0 Å². The van der Waals surface area contributed by atoms with E-state index in [1.165, 1.54) is 48.8 Å². The van der Waals surface area contributed by atoms with Gasteiger partial charge in [0.15, 0.2) is 11.5 Å². The van der Waals surface area contributed by atoms with Gasteiger partial charge in [0.1, 0.15) is 13.2 Å². The normalized spacial score (nSPS) is 14.3. The maximum absolute atomic E-state index is 6.25. The van der Waals surface area contributed by atoms with Crippen LogP contribution >= 0.6 is 0 Å². The minimum absolute atomic E-state index is 0.528. The quantitative estimate of drug-likeness (QED) is 0.402. The van der Waals surface area contributed by atoms with Gasteiger partial charge in [-0.3, -0.25) is 0 Å². The molecule has 0 amide bonds. The van der Waals surface area contributed by atoms with Crippen molar-refractivity contribution in [3.63, 3.8) is 0 Å². The molecule has 0 atom stereocenters. The van der Waals surface area contributed by atoms with Gasteiger partial charge in [-0.25, -0.2) is 0 Å². The van der Waals surface area contributed by atoms with Crippen LogP contribution in [-0.2, 0) is 19.8 Å². The zero-order valence-corrected chi connectivity index (χ0v) is 19.4. The predicted octanol–water partition coefficient (Wildman–Crippen LogP) is 6.88. The molecule has 32 heavy (non-hydrogen) atoms. The summed E-state index contributed by atoms with van der Waals surface area (Å²) in [6, 6.07) is 23.9. The van der Waals surface area contributed by atoms with Gasteiger partial charge < -0.3 is 14.8 Å². The average Bonchev–Trinajstić information content (AvgIpc) is 2.83. The van der Waals surface area contributed by atoms with E-state index in [0.717, 1.165) is 29.2 Å². The molecule has 3 aromatic rings. The summed E-state index contributed by atoms with van der Waals surface area (Å²) < 4.78 is 12.4. The van der Waals surface area contributed by atoms with Gasteiger partial charge in [0.2, 0.25) is 0 Å². The molecule has 0 saturated heterocycles. The molecule has 0 aliphatic heterocycles. The highest BCUT2D eigenvalue weighted by molar-refractivity contribution is 5.43. The van der Waals surface area contributed by atoms with E-state index in [9.17, 15) is 0 Å². The summed E-state index contributed by atoms with van der Waals surface area (Å²) in [5.74, 6) is 1.60. The highest BCUT2D eigenvalue weighted by Gasteiger charge is 2.14. The largest absolute Gasteiger partial charge is 0.485 e. The molecular weight excluding hydrogens is 394 g/mol. The third kappa shape index (κ3) is 6.61. The molecular formula is C29H35NO2. The number of rotatable bonds is 9. The smallest absolute Gasteiger partial charge is 0.162 e. The fourth-order valence-electron chi connectivity index (χ4n) is 4.15. The Morgan fingerprint density at radius 3 is 1.78 bits per heavy atom. The average molecular weight is 430 g/mol. The molecule has 1 aliphatic carbocycles. The first-order valence-electron chi connectivity index (χ1n) is 11.9. The molecule has 0 heterocycles. The van der Waals surface area contributed by atoms with Crippen LogP contribution in [0.2, 0.25) is 0 Å². The van der Waals surface area contributed by atoms with Crippen LogP contribution in [0, 0.1) is 13.8 Å². The number of nitrogens with one attached hydrogen (secondary N) is 1. The first-order chi connectivity index (χ1) is 15.7. The van der Waals surface area contributed by atoms with E-state index in [0.29, 0.717) is 19.3 Å². The summed E-state index contributed by atoms with van der Waals surface area (Å²) in [6.07, 6.45) is 6.63. The van der Waals surface area contributed by atoms with Gasteiger partial charge in [-0.1, -0.05) is 85.0 Å². The highest BCUT2D eigenvalue weighted by atomic mass is 16.5. The zero-order valence-electron chi connectivity index (χ0n) is 19.4. The lowest BCUT2D eigenvalue weighted by molar-refractivity contribution is 0.255. The van der Waals surface area contributed by atoms with Crippen LogP contribution in [0.15, 0.2) is 66.7 Å². The Morgan fingerprint density at radius 1 is 0.656 bits per heavy atom. The zero-order chi connectivity index (χ0) is 22.2. The highest BCUT2D eigenvalue weighted by Crippen LogP contribution is 2.30. The Balaban J connectivity index is 1.44. The van der Waals surface area contributed by atoms with Crippen molar-refractivity contribution >= 4 is 0 Å². The number of hydrogen-bond donors (Lipinski definition) is 1. The Morgan fingerprint density at radius 2 is 1.19 bits per heavy atom. The Labute approximate surface area is 192 Å². The second-order valence-corrected chi connectivity index (χ2v) is 9.05. The Hall–Kier alpha value is -2.78. The first kappa shape index (κ1) is 22.4. The van der Waals surface area contributed by atoms with Crippen LogP contribution in [0.4, 0.5) is 0 Å². The molecule has 3 aromatic carbocycles. The van der Waals surface area contributed by atoms with E-state index < -0.39 is 0 Å². The lowest BCUT2D eigenvalue weighted by Crippen LogP contribution is -2.30. The van der Waals surface area contributed by atoms with Gasteiger partial charge in [0, 0.05) is 12.6 Å². The van der Waals surface area contributed by atoms with Crippen molar-refractivity contribution < 1.29 is 9.47 Å². The standard InChI is InChI=1S/C29H35NO2/c1-22-8-12-24(13-9-22)20-31-28-17-16-26(19-30-27-6-4-3-5-7-27)18-29(28)32-21-25-14-10-23(2)11-15-25/h8-18,27,30H,3-7,19-21H2,1-2H3. The second-order valence-electron chi connectivity index (χ2n) is 9.05. The summed E-state index contributed by atoms with van der Waals surface area (Å²) >= 11 is 0. The second kappa shape index (κ2) is 11.2. The van der Waals surface area contributed by atoms with Crippen LogP contribution in [0.1, 0.15) is 59.9 Å². The molecule has 4 rings (SSSR count). The summed E-state index contributed by atoms with van der Waals surface area (Å²) in [5.41, 5.74) is 6.06. The molecule has 0 spiro atoms. The Bertz CT molecular complexity index is 973. The molecule has 1 N–H and O–H groups in total. The molecule has 0 bridgehead atoms. The van der Waals surface area contributed by atoms with E-state index in [4.69, 9.17) is 9.47 Å². The van der Waals surface area contributed by atoms with Crippen molar-refractivity contribution in [2.45, 2.75) is 71.8 Å². The van der Waals surface area contributed by atoms with Gasteiger partial charge in [-0.15, -0.1) is 0 Å². The van der Waals surface area contributed by atoms with Crippen LogP contribution < -0.4 is 14.8 Å². The SMILES string of the molecule is Cc1ccc(COc2ccc(CNC3CCCCC3)cc2OCc2ccc(C)cc2)cc1. The van der Waals surface area contributed by atoms with E-state index in [1.54, 1.807) is 0 Å². The lowest BCUT2D eigenvalue weighted by atomic mass is 9.95. The van der Waals surface area contributed by atoms with Gasteiger partial charge in [0.05, 0.1) is 0 Å². The molecule has 1 saturated carbocycles. The van der Waals surface area contributed by atoms with Gasteiger partial charge >= 0.3 is 0 Å². The van der Waals surface area contributed by atoms with Crippen LogP contribution in [0.25, 0.3) is 0 Å². The van der Waals surface area contributed by atoms with E-state index in [2.05, 4.69) is 85.9 Å². The van der Waals surface area contributed by atoms with Crippen LogP contribution in [0.3, 0.4) is 0 Å². The molecule has 0 radical (unpaired) electrons. The molecule has 0 unspecified atom stereocenters. The van der Waals surface area contributed by atoms with Crippen molar-refractivity contribution in [3.05, 3.63) is 94.5 Å².